The van der Waals surface area contributed by atoms with Crippen molar-refractivity contribution in [3.63, 3.8) is 0 Å². The lowest BCUT2D eigenvalue weighted by Crippen LogP contribution is -2.36. The van der Waals surface area contributed by atoms with Gasteiger partial charge in [-0.05, 0) is 42.5 Å². The van der Waals surface area contributed by atoms with Crippen LogP contribution in [-0.4, -0.2) is 31.3 Å². The fraction of sp³-hybridized carbons (Fsp3) is 0.471. The number of aliphatic hydroxyl groups excluding tert-OH is 1. The van der Waals surface area contributed by atoms with Gasteiger partial charge < -0.3 is 10.0 Å². The fourth-order valence-electron chi connectivity index (χ4n) is 4.27. The highest BCUT2D eigenvalue weighted by Crippen LogP contribution is 2.54. The molecule has 3 aliphatic rings. The van der Waals surface area contributed by atoms with Crippen LogP contribution in [0.15, 0.2) is 36.4 Å². The number of rotatable bonds is 2. The molecule has 0 spiro atoms. The van der Waals surface area contributed by atoms with Crippen molar-refractivity contribution in [2.45, 2.75) is 12.6 Å². The molecule has 1 amide bonds. The third kappa shape index (κ3) is 1.69. The van der Waals surface area contributed by atoms with E-state index in [1.54, 1.807) is 4.90 Å². The second kappa shape index (κ2) is 4.34. The van der Waals surface area contributed by atoms with Crippen molar-refractivity contribution in [2.24, 2.45) is 23.7 Å². The van der Waals surface area contributed by atoms with Gasteiger partial charge in [0.25, 0.3) is 0 Å². The first kappa shape index (κ1) is 12.9. The Labute approximate surface area is 124 Å². The summed E-state index contributed by atoms with van der Waals surface area (Å²) in [7, 11) is 3.97. The number of nitrogens with zero attached hydrogens (tertiary/aromatic N) is 2. The Morgan fingerprint density at radius 2 is 1.81 bits per heavy atom. The number of carbonyl (C=O) groups excluding carboxylic acids is 1. The minimum Gasteiger partial charge on any atom is -0.378 e. The second-order valence-corrected chi connectivity index (χ2v) is 6.58. The summed E-state index contributed by atoms with van der Waals surface area (Å²) in [4.78, 5) is 16.3. The summed E-state index contributed by atoms with van der Waals surface area (Å²) in [6.07, 6.45) is 4.69. The van der Waals surface area contributed by atoms with Gasteiger partial charge in [0.1, 0.15) is 6.23 Å². The molecule has 5 atom stereocenters. The zero-order chi connectivity index (χ0) is 14.7. The summed E-state index contributed by atoms with van der Waals surface area (Å²) in [6.45, 7) is 0. The van der Waals surface area contributed by atoms with E-state index in [1.807, 2.05) is 43.3 Å². The van der Waals surface area contributed by atoms with Gasteiger partial charge in [0.05, 0.1) is 5.92 Å². The predicted octanol–water partition coefficient (Wildman–Crippen LogP) is 1.86. The summed E-state index contributed by atoms with van der Waals surface area (Å²) in [5.41, 5.74) is 1.88. The standard InChI is InChI=1S/C17H20N2O2/c1-18(2)12-5-7-13(8-6-12)19-16(20)14-10-3-4-11(9-10)15(14)17(19)21/h3-8,10-11,14-16,20H,9H2,1-2H3/t10-,11+,14-,15+,16+/m0/s1. The summed E-state index contributed by atoms with van der Waals surface area (Å²) in [6, 6.07) is 7.81. The van der Waals surface area contributed by atoms with Crippen LogP contribution in [0.1, 0.15) is 6.42 Å². The number of hydrogen-bond acceptors (Lipinski definition) is 3. The Balaban J connectivity index is 1.66. The van der Waals surface area contributed by atoms with Crippen LogP contribution in [0.4, 0.5) is 11.4 Å². The number of aliphatic hydroxyl groups is 1. The molecule has 0 aromatic heterocycles. The molecule has 0 unspecified atom stereocenters. The minimum absolute atomic E-state index is 0.0245. The Hall–Kier alpha value is -1.81. The molecule has 1 saturated heterocycles. The van der Waals surface area contributed by atoms with Crippen LogP contribution in [-0.2, 0) is 4.79 Å². The summed E-state index contributed by atoms with van der Waals surface area (Å²) >= 11 is 0. The van der Waals surface area contributed by atoms with Gasteiger partial charge in [0, 0.05) is 31.4 Å². The van der Waals surface area contributed by atoms with E-state index in [1.165, 1.54) is 0 Å². The van der Waals surface area contributed by atoms with Crippen molar-refractivity contribution in [1.29, 1.82) is 0 Å². The number of fused-ring (bicyclic) bond motifs is 5. The van der Waals surface area contributed by atoms with E-state index in [0.29, 0.717) is 11.8 Å². The number of allylic oxidation sites excluding steroid dienone is 2. The smallest absolute Gasteiger partial charge is 0.233 e. The van der Waals surface area contributed by atoms with E-state index in [4.69, 9.17) is 0 Å². The molecule has 1 saturated carbocycles. The molecule has 2 fully saturated rings. The average molecular weight is 284 g/mol. The molecule has 4 rings (SSSR count). The molecule has 110 valence electrons. The van der Waals surface area contributed by atoms with Crippen LogP contribution in [0.25, 0.3) is 0 Å². The first-order valence-electron chi connectivity index (χ1n) is 7.55. The Morgan fingerprint density at radius 1 is 1.14 bits per heavy atom. The monoisotopic (exact) mass is 284 g/mol. The van der Waals surface area contributed by atoms with E-state index < -0.39 is 6.23 Å². The van der Waals surface area contributed by atoms with Crippen molar-refractivity contribution in [2.75, 3.05) is 23.9 Å². The van der Waals surface area contributed by atoms with Crippen LogP contribution in [0.2, 0.25) is 0 Å². The minimum atomic E-state index is -0.687. The van der Waals surface area contributed by atoms with E-state index in [2.05, 4.69) is 12.2 Å². The Kier molecular flexibility index (Phi) is 2.67. The highest BCUT2D eigenvalue weighted by atomic mass is 16.3. The summed E-state index contributed by atoms with van der Waals surface area (Å²) in [5, 5.41) is 10.6. The topological polar surface area (TPSA) is 43.8 Å². The van der Waals surface area contributed by atoms with Crippen molar-refractivity contribution >= 4 is 17.3 Å². The van der Waals surface area contributed by atoms with Gasteiger partial charge in [-0.1, -0.05) is 12.2 Å². The van der Waals surface area contributed by atoms with Crippen molar-refractivity contribution in [1.82, 2.24) is 0 Å². The molecule has 0 radical (unpaired) electrons. The van der Waals surface area contributed by atoms with Crippen LogP contribution in [0, 0.1) is 23.7 Å². The van der Waals surface area contributed by atoms with Gasteiger partial charge in [-0.15, -0.1) is 0 Å². The zero-order valence-electron chi connectivity index (χ0n) is 12.3. The SMILES string of the molecule is CN(C)c1ccc(N2C(=O)[C@H]3[C@@H]([C@H]2O)[C@H]2C=C[C@@H]3C2)cc1. The van der Waals surface area contributed by atoms with Crippen LogP contribution >= 0.6 is 0 Å². The lowest BCUT2D eigenvalue weighted by molar-refractivity contribution is -0.121. The lowest BCUT2D eigenvalue weighted by atomic mass is 9.85. The average Bonchev–Trinajstić information content (AvgIpc) is 3.13. The first-order chi connectivity index (χ1) is 10.1. The summed E-state index contributed by atoms with van der Waals surface area (Å²) in [5.74, 6) is 0.824. The first-order valence-corrected chi connectivity index (χ1v) is 7.55. The lowest BCUT2D eigenvalue weighted by Gasteiger charge is -2.25. The molecule has 1 aliphatic heterocycles. The molecule has 2 bridgehead atoms. The largest absolute Gasteiger partial charge is 0.378 e. The van der Waals surface area contributed by atoms with Crippen LogP contribution in [0.3, 0.4) is 0 Å². The van der Waals surface area contributed by atoms with Gasteiger partial charge in [0.15, 0.2) is 0 Å². The molecule has 1 heterocycles. The van der Waals surface area contributed by atoms with Gasteiger partial charge in [-0.2, -0.15) is 0 Å². The highest BCUT2D eigenvalue weighted by Gasteiger charge is 2.59. The molecule has 4 heteroatoms. The van der Waals surface area contributed by atoms with E-state index >= 15 is 0 Å². The fourth-order valence-corrected chi connectivity index (χ4v) is 4.27. The van der Waals surface area contributed by atoms with Crippen LogP contribution < -0.4 is 9.80 Å². The molecule has 1 N–H and O–H groups in total. The quantitative estimate of drug-likeness (QED) is 0.843. The normalized spacial score (nSPS) is 36.4. The zero-order valence-corrected chi connectivity index (χ0v) is 12.3. The maximum absolute atomic E-state index is 12.7. The number of carbonyl (C=O) groups is 1. The van der Waals surface area contributed by atoms with Crippen molar-refractivity contribution in [3.05, 3.63) is 36.4 Å². The third-order valence-corrected chi connectivity index (χ3v) is 5.30. The third-order valence-electron chi connectivity index (χ3n) is 5.30. The molecule has 21 heavy (non-hydrogen) atoms. The van der Waals surface area contributed by atoms with Gasteiger partial charge in [-0.3, -0.25) is 9.69 Å². The summed E-state index contributed by atoms with van der Waals surface area (Å²) < 4.78 is 0. The Bertz CT molecular complexity index is 608. The molecular weight excluding hydrogens is 264 g/mol. The van der Waals surface area contributed by atoms with E-state index in [9.17, 15) is 9.90 Å². The van der Waals surface area contributed by atoms with E-state index in [0.717, 1.165) is 17.8 Å². The van der Waals surface area contributed by atoms with Crippen LogP contribution in [0.5, 0.6) is 0 Å². The van der Waals surface area contributed by atoms with Gasteiger partial charge in [-0.25, -0.2) is 0 Å². The number of amides is 1. The number of hydrogen-bond donors (Lipinski definition) is 1. The number of benzene rings is 1. The predicted molar refractivity (Wildman–Crippen MR) is 82.0 cm³/mol. The van der Waals surface area contributed by atoms with Gasteiger partial charge >= 0.3 is 0 Å². The molecular formula is C17H20N2O2. The van der Waals surface area contributed by atoms with Gasteiger partial charge in [0.2, 0.25) is 5.91 Å². The Morgan fingerprint density at radius 3 is 2.43 bits per heavy atom. The molecule has 1 aromatic rings. The molecule has 2 aliphatic carbocycles. The maximum Gasteiger partial charge on any atom is 0.233 e. The molecule has 1 aromatic carbocycles. The van der Waals surface area contributed by atoms with Crippen molar-refractivity contribution < 1.29 is 9.90 Å². The number of anilines is 2. The second-order valence-electron chi connectivity index (χ2n) is 6.58. The van der Waals surface area contributed by atoms with E-state index in [-0.39, 0.29) is 17.7 Å². The highest BCUT2D eigenvalue weighted by molar-refractivity contribution is 5.99. The van der Waals surface area contributed by atoms with Crippen molar-refractivity contribution in [3.8, 4) is 0 Å². The maximum atomic E-state index is 12.7. The molecule has 4 nitrogen and oxygen atoms in total.